The van der Waals surface area contributed by atoms with Gasteiger partial charge in [0.1, 0.15) is 0 Å². The molecule has 1 aliphatic heterocycles. The highest BCUT2D eigenvalue weighted by atomic mass is 32.2. The lowest BCUT2D eigenvalue weighted by molar-refractivity contribution is -0.385. The quantitative estimate of drug-likeness (QED) is 0.509. The molecule has 6 nitrogen and oxygen atoms in total. The number of hydrogen-bond acceptors (Lipinski definition) is 4. The number of sulfonamides is 1. The van der Waals surface area contributed by atoms with E-state index in [1.54, 1.807) is 6.07 Å². The van der Waals surface area contributed by atoms with E-state index in [9.17, 15) is 31.7 Å². The zero-order valence-corrected chi connectivity index (χ0v) is 16.8. The van der Waals surface area contributed by atoms with E-state index in [1.807, 2.05) is 6.92 Å². The van der Waals surface area contributed by atoms with Gasteiger partial charge in [-0.2, -0.15) is 17.5 Å². The minimum atomic E-state index is -4.66. The first-order valence-corrected chi connectivity index (χ1v) is 10.9. The Balaban J connectivity index is 1.84. The van der Waals surface area contributed by atoms with Crippen molar-refractivity contribution >= 4 is 15.7 Å². The predicted molar refractivity (Wildman–Crippen MR) is 102 cm³/mol. The van der Waals surface area contributed by atoms with Crippen LogP contribution in [-0.2, 0) is 29.0 Å². The maximum atomic E-state index is 13.5. The minimum absolute atomic E-state index is 0.0602. The van der Waals surface area contributed by atoms with E-state index in [2.05, 4.69) is 0 Å². The molecule has 1 aliphatic carbocycles. The van der Waals surface area contributed by atoms with Gasteiger partial charge in [-0.05, 0) is 48.4 Å². The molecule has 0 spiro atoms. The first-order valence-electron chi connectivity index (χ1n) is 9.48. The Kier molecular flexibility index (Phi) is 4.89. The van der Waals surface area contributed by atoms with Crippen molar-refractivity contribution in [1.82, 2.24) is 4.31 Å². The Morgan fingerprint density at radius 2 is 1.93 bits per heavy atom. The van der Waals surface area contributed by atoms with Gasteiger partial charge in [0.2, 0.25) is 10.0 Å². The minimum Gasteiger partial charge on any atom is -0.258 e. The van der Waals surface area contributed by atoms with Gasteiger partial charge in [0.25, 0.3) is 5.69 Å². The summed E-state index contributed by atoms with van der Waals surface area (Å²) in [5, 5.41) is 11.3. The van der Waals surface area contributed by atoms with Crippen molar-refractivity contribution in [3.8, 4) is 0 Å². The molecule has 0 bridgehead atoms. The Bertz CT molecular complexity index is 1130. The molecule has 1 unspecified atom stereocenters. The third-order valence-corrected chi connectivity index (χ3v) is 7.76. The van der Waals surface area contributed by atoms with Gasteiger partial charge in [0, 0.05) is 18.2 Å². The van der Waals surface area contributed by atoms with E-state index < -0.39 is 32.7 Å². The number of alkyl halides is 3. The standard InChI is InChI=1S/C20H19F3N2O4S/c1-12-9-13-5-6-14(20(21,22)23)10-19(13)30(28,29)24(11-12)17-8-7-16-15(17)3-2-4-18(16)25(26)27/h2-6,10,12,17H,7-9,11H2,1H3/t12-,17?/m0/s1. The van der Waals surface area contributed by atoms with Gasteiger partial charge in [0.15, 0.2) is 0 Å². The Labute approximate surface area is 171 Å². The van der Waals surface area contributed by atoms with Crippen molar-refractivity contribution in [1.29, 1.82) is 0 Å². The molecule has 10 heteroatoms. The molecule has 0 aromatic heterocycles. The number of nitro groups is 1. The normalized spacial score (nSPS) is 23.5. The number of benzene rings is 2. The van der Waals surface area contributed by atoms with Crippen LogP contribution in [0, 0.1) is 16.0 Å². The van der Waals surface area contributed by atoms with E-state index >= 15 is 0 Å². The summed E-state index contributed by atoms with van der Waals surface area (Å²) in [5.74, 6) is -0.125. The number of hydrogen-bond donors (Lipinski definition) is 0. The summed E-state index contributed by atoms with van der Waals surface area (Å²) in [6.07, 6.45) is -3.64. The second kappa shape index (κ2) is 7.05. The number of nitro benzene ring substituents is 1. The molecule has 2 aliphatic rings. The van der Waals surface area contributed by atoms with Gasteiger partial charge in [-0.15, -0.1) is 0 Å². The lowest BCUT2D eigenvalue weighted by Crippen LogP contribution is -2.36. The number of rotatable bonds is 2. The Morgan fingerprint density at radius 3 is 2.60 bits per heavy atom. The van der Waals surface area contributed by atoms with Crippen molar-refractivity contribution in [2.75, 3.05) is 6.54 Å². The monoisotopic (exact) mass is 440 g/mol. The summed E-state index contributed by atoms with van der Waals surface area (Å²) >= 11 is 0. The van der Waals surface area contributed by atoms with Crippen molar-refractivity contribution in [3.63, 3.8) is 0 Å². The maximum Gasteiger partial charge on any atom is 0.416 e. The highest BCUT2D eigenvalue weighted by molar-refractivity contribution is 7.89. The summed E-state index contributed by atoms with van der Waals surface area (Å²) in [4.78, 5) is 10.5. The van der Waals surface area contributed by atoms with Crippen molar-refractivity contribution in [3.05, 3.63) is 68.8 Å². The molecule has 4 rings (SSSR count). The fourth-order valence-electron chi connectivity index (χ4n) is 4.49. The van der Waals surface area contributed by atoms with Gasteiger partial charge in [-0.1, -0.05) is 25.1 Å². The Hall–Kier alpha value is -2.46. The molecule has 1 heterocycles. The molecule has 2 atom stereocenters. The van der Waals surface area contributed by atoms with Gasteiger partial charge in [-0.25, -0.2) is 8.42 Å². The second-order valence-electron chi connectivity index (χ2n) is 7.86. The SMILES string of the molecule is C[C@H]1Cc2ccc(C(F)(F)F)cc2S(=O)(=O)N(C2CCc3c2cccc3[N+](=O)[O-])C1. The van der Waals surface area contributed by atoms with Crippen LogP contribution in [0.3, 0.4) is 0 Å². The summed E-state index contributed by atoms with van der Waals surface area (Å²) in [5.41, 5.74) is 0.325. The van der Waals surface area contributed by atoms with Gasteiger partial charge >= 0.3 is 6.18 Å². The van der Waals surface area contributed by atoms with Crippen LogP contribution < -0.4 is 0 Å². The van der Waals surface area contributed by atoms with Crippen molar-refractivity contribution in [2.45, 2.75) is 43.3 Å². The first kappa shape index (κ1) is 20.8. The predicted octanol–water partition coefficient (Wildman–Crippen LogP) is 4.48. The van der Waals surface area contributed by atoms with Crippen molar-refractivity contribution in [2.24, 2.45) is 5.92 Å². The smallest absolute Gasteiger partial charge is 0.258 e. The molecular weight excluding hydrogens is 421 g/mol. The van der Waals surface area contributed by atoms with Gasteiger partial charge < -0.3 is 0 Å². The van der Waals surface area contributed by atoms with E-state index in [0.29, 0.717) is 42.0 Å². The molecule has 0 saturated carbocycles. The molecule has 0 N–H and O–H groups in total. The molecule has 0 amide bonds. The third-order valence-electron chi connectivity index (χ3n) is 5.80. The lowest BCUT2D eigenvalue weighted by atomic mass is 9.99. The molecule has 0 fully saturated rings. The number of nitrogens with zero attached hydrogens (tertiary/aromatic N) is 2. The Morgan fingerprint density at radius 1 is 1.20 bits per heavy atom. The third kappa shape index (κ3) is 3.37. The van der Waals surface area contributed by atoms with E-state index in [0.717, 1.165) is 6.07 Å². The first-order chi connectivity index (χ1) is 14.0. The summed E-state index contributed by atoms with van der Waals surface area (Å²) in [6, 6.07) is 6.77. The zero-order chi connectivity index (χ0) is 21.8. The molecule has 0 radical (unpaired) electrons. The summed E-state index contributed by atoms with van der Waals surface area (Å²) in [6.45, 7) is 1.98. The average Bonchev–Trinajstić information content (AvgIpc) is 3.04. The zero-order valence-electron chi connectivity index (χ0n) is 16.0. The van der Waals surface area contributed by atoms with Gasteiger partial charge in [0.05, 0.1) is 21.4 Å². The molecule has 0 saturated heterocycles. The number of halogens is 3. The van der Waals surface area contributed by atoms with Crippen LogP contribution in [0.25, 0.3) is 0 Å². The van der Waals surface area contributed by atoms with Crippen LogP contribution in [-0.4, -0.2) is 24.2 Å². The average molecular weight is 440 g/mol. The largest absolute Gasteiger partial charge is 0.416 e. The maximum absolute atomic E-state index is 13.5. The van der Waals surface area contributed by atoms with E-state index in [-0.39, 0.29) is 23.0 Å². The van der Waals surface area contributed by atoms with Gasteiger partial charge in [-0.3, -0.25) is 10.1 Å². The van der Waals surface area contributed by atoms with E-state index in [1.165, 1.54) is 22.5 Å². The fourth-order valence-corrected chi connectivity index (χ4v) is 6.51. The second-order valence-corrected chi connectivity index (χ2v) is 9.72. The highest BCUT2D eigenvalue weighted by Gasteiger charge is 2.42. The molecule has 30 heavy (non-hydrogen) atoms. The van der Waals surface area contributed by atoms with Crippen LogP contribution in [0.1, 0.15) is 41.6 Å². The molecule has 160 valence electrons. The molecular formula is C20H19F3N2O4S. The lowest BCUT2D eigenvalue weighted by Gasteiger charge is -2.29. The molecule has 2 aromatic carbocycles. The molecule has 2 aromatic rings. The highest BCUT2D eigenvalue weighted by Crippen LogP contribution is 2.44. The summed E-state index contributed by atoms with van der Waals surface area (Å²) in [7, 11) is -4.23. The van der Waals surface area contributed by atoms with Crippen molar-refractivity contribution < 1.29 is 26.5 Å². The van der Waals surface area contributed by atoms with Crippen LogP contribution >= 0.6 is 0 Å². The number of fused-ring (bicyclic) bond motifs is 2. The van der Waals surface area contributed by atoms with Crippen LogP contribution in [0.4, 0.5) is 18.9 Å². The van der Waals surface area contributed by atoms with E-state index in [4.69, 9.17) is 0 Å². The van der Waals surface area contributed by atoms with Crippen LogP contribution in [0.2, 0.25) is 0 Å². The fraction of sp³-hybridized carbons (Fsp3) is 0.400. The topological polar surface area (TPSA) is 80.5 Å². The summed E-state index contributed by atoms with van der Waals surface area (Å²) < 4.78 is 67.9. The van der Waals surface area contributed by atoms with Crippen LogP contribution in [0.5, 0.6) is 0 Å². The van der Waals surface area contributed by atoms with Crippen LogP contribution in [0.15, 0.2) is 41.3 Å².